The molecule has 0 aromatic heterocycles. The Morgan fingerprint density at radius 2 is 1.27 bits per heavy atom. The number of hydrogen-bond donors (Lipinski definition) is 0. The molecule has 0 aromatic rings. The maximum Gasteiger partial charge on any atom is 0.302 e. The van der Waals surface area contributed by atoms with Gasteiger partial charge in [0.15, 0.2) is 17.3 Å². The average molecular weight is 505 g/mol. The largest absolute Gasteiger partial charge is 0.461 e. The quantitative estimate of drug-likeness (QED) is 0.247. The van der Waals surface area contributed by atoms with Crippen molar-refractivity contribution in [1.29, 1.82) is 0 Å². The lowest BCUT2D eigenvalue weighted by molar-refractivity contribution is -0.155. The number of allylic oxidation sites excluding steroid dienone is 6. The van der Waals surface area contributed by atoms with Gasteiger partial charge in [-0.05, 0) is 82.9 Å². The van der Waals surface area contributed by atoms with Gasteiger partial charge in [-0.25, -0.2) is 0 Å². The second kappa shape index (κ2) is 8.22. The molecular formula is C32H40O5. The molecule has 5 aliphatic carbocycles. The van der Waals surface area contributed by atoms with Crippen LogP contribution in [-0.2, 0) is 23.9 Å². The van der Waals surface area contributed by atoms with Crippen molar-refractivity contribution in [3.05, 3.63) is 44.6 Å². The fourth-order valence-electron chi connectivity index (χ4n) is 9.49. The number of fused-ring (bicyclic) bond motifs is 1. The molecule has 3 fully saturated rings. The first-order chi connectivity index (χ1) is 17.2. The number of carbonyl (C=O) groups is 4. The molecule has 5 aliphatic rings. The molecule has 0 radical (unpaired) electrons. The highest BCUT2D eigenvalue weighted by Crippen LogP contribution is 2.80. The smallest absolute Gasteiger partial charge is 0.302 e. The van der Waals surface area contributed by atoms with Crippen molar-refractivity contribution in [3.8, 4) is 0 Å². The highest BCUT2D eigenvalue weighted by Gasteiger charge is 2.81. The van der Waals surface area contributed by atoms with Crippen molar-refractivity contribution in [1.82, 2.24) is 0 Å². The van der Waals surface area contributed by atoms with E-state index >= 15 is 0 Å². The first-order valence-corrected chi connectivity index (χ1v) is 13.7. The van der Waals surface area contributed by atoms with Crippen LogP contribution in [0.15, 0.2) is 44.6 Å². The third-order valence-corrected chi connectivity index (χ3v) is 10.8. The third kappa shape index (κ3) is 2.97. The van der Waals surface area contributed by atoms with Gasteiger partial charge < -0.3 is 4.74 Å². The Balaban J connectivity index is 1.87. The Kier molecular flexibility index (Phi) is 5.79. The molecule has 2 bridgehead atoms. The lowest BCUT2D eigenvalue weighted by Crippen LogP contribution is -2.49. The molecule has 0 amide bonds. The van der Waals surface area contributed by atoms with Gasteiger partial charge in [0.2, 0.25) is 0 Å². The van der Waals surface area contributed by atoms with Crippen LogP contribution in [-0.4, -0.2) is 29.4 Å². The molecule has 0 saturated heterocycles. The molecule has 37 heavy (non-hydrogen) atoms. The van der Waals surface area contributed by atoms with Crippen LogP contribution in [0, 0.1) is 34.5 Å². The molecule has 198 valence electrons. The predicted octanol–water partition coefficient (Wildman–Crippen LogP) is 6.04. The van der Waals surface area contributed by atoms with Crippen molar-refractivity contribution in [3.63, 3.8) is 0 Å². The standard InChI is InChI=1S/C32H40O5/c1-14(2)21-12-23-18(7)27-30(37-20(9)33)32(23,17(6)11-26(21)35)29-28(36)19(8)24-13-22(15(3)4)25(34)10-16(5)31(24,27)29/h16-17,27,29-30H,10-13H2,1-9H3/t16-,17-,27-,29-,30+,31-,32-/m1/s1. The first-order valence-electron chi connectivity index (χ1n) is 13.7. The fourth-order valence-corrected chi connectivity index (χ4v) is 9.49. The summed E-state index contributed by atoms with van der Waals surface area (Å²) in [4.78, 5) is 54.0. The molecule has 3 saturated carbocycles. The summed E-state index contributed by atoms with van der Waals surface area (Å²) in [5.41, 5.74) is 6.43. The van der Waals surface area contributed by atoms with Crippen LogP contribution in [0.2, 0.25) is 0 Å². The number of Topliss-reactive ketones (excluding diaryl/α,β-unsaturated/α-hetero) is 3. The zero-order chi connectivity index (χ0) is 27.4. The summed E-state index contributed by atoms with van der Waals surface area (Å²) >= 11 is 0. The van der Waals surface area contributed by atoms with Crippen molar-refractivity contribution in [2.45, 2.75) is 94.1 Å². The Labute approximate surface area is 220 Å². The van der Waals surface area contributed by atoms with Gasteiger partial charge in [0.1, 0.15) is 6.10 Å². The van der Waals surface area contributed by atoms with Crippen molar-refractivity contribution in [2.24, 2.45) is 34.5 Å². The molecule has 7 atom stereocenters. The fraction of sp³-hybridized carbons (Fsp3) is 0.625. The van der Waals surface area contributed by atoms with Gasteiger partial charge in [-0.2, -0.15) is 0 Å². The van der Waals surface area contributed by atoms with E-state index in [0.717, 1.165) is 44.6 Å². The van der Waals surface area contributed by atoms with Crippen LogP contribution in [0.25, 0.3) is 0 Å². The predicted molar refractivity (Wildman–Crippen MR) is 141 cm³/mol. The molecule has 0 aromatic carbocycles. The lowest BCUT2D eigenvalue weighted by Gasteiger charge is -2.49. The van der Waals surface area contributed by atoms with E-state index in [9.17, 15) is 19.2 Å². The van der Waals surface area contributed by atoms with Gasteiger partial charge in [-0.1, -0.05) is 41.7 Å². The summed E-state index contributed by atoms with van der Waals surface area (Å²) in [6.45, 7) is 17.6. The molecule has 2 spiro atoms. The van der Waals surface area contributed by atoms with Crippen LogP contribution in [0.5, 0.6) is 0 Å². The van der Waals surface area contributed by atoms with E-state index in [1.165, 1.54) is 6.92 Å². The highest BCUT2D eigenvalue weighted by molar-refractivity contribution is 6.06. The summed E-state index contributed by atoms with van der Waals surface area (Å²) in [6, 6.07) is 0. The Bertz CT molecular complexity index is 1290. The summed E-state index contributed by atoms with van der Waals surface area (Å²) in [5, 5.41) is 0. The van der Waals surface area contributed by atoms with Crippen LogP contribution < -0.4 is 0 Å². The monoisotopic (exact) mass is 504 g/mol. The molecule has 5 rings (SSSR count). The maximum atomic E-state index is 14.5. The molecule has 0 heterocycles. The number of ketones is 3. The topological polar surface area (TPSA) is 77.5 Å². The van der Waals surface area contributed by atoms with Crippen LogP contribution >= 0.6 is 0 Å². The van der Waals surface area contributed by atoms with Crippen molar-refractivity contribution in [2.75, 3.05) is 0 Å². The van der Waals surface area contributed by atoms with E-state index in [1.807, 2.05) is 34.6 Å². The van der Waals surface area contributed by atoms with Gasteiger partial charge in [0.05, 0.1) is 0 Å². The van der Waals surface area contributed by atoms with E-state index in [2.05, 4.69) is 20.8 Å². The van der Waals surface area contributed by atoms with Crippen LogP contribution in [0.1, 0.15) is 88.0 Å². The average Bonchev–Trinajstić information content (AvgIpc) is 3.18. The molecule has 5 nitrogen and oxygen atoms in total. The summed E-state index contributed by atoms with van der Waals surface area (Å²) in [7, 11) is 0. The van der Waals surface area contributed by atoms with Gasteiger partial charge in [0, 0.05) is 42.4 Å². The number of carbonyl (C=O) groups excluding carboxylic acids is 4. The van der Waals surface area contributed by atoms with Crippen molar-refractivity contribution >= 4 is 23.3 Å². The minimum atomic E-state index is -0.750. The summed E-state index contributed by atoms with van der Waals surface area (Å²) < 4.78 is 6.26. The lowest BCUT2D eigenvalue weighted by atomic mass is 9.51. The number of hydrogen-bond acceptors (Lipinski definition) is 5. The van der Waals surface area contributed by atoms with E-state index < -0.39 is 22.9 Å². The molecule has 5 heteroatoms. The van der Waals surface area contributed by atoms with E-state index in [-0.39, 0.29) is 41.1 Å². The minimum Gasteiger partial charge on any atom is -0.461 e. The summed E-state index contributed by atoms with van der Waals surface area (Å²) in [5.74, 6) is -0.831. The molecule has 0 N–H and O–H groups in total. The zero-order valence-electron chi connectivity index (χ0n) is 23.8. The second-order valence-electron chi connectivity index (χ2n) is 12.8. The Morgan fingerprint density at radius 1 is 0.784 bits per heavy atom. The number of ether oxygens (including phenoxy) is 1. The van der Waals surface area contributed by atoms with E-state index in [4.69, 9.17) is 4.74 Å². The maximum absolute atomic E-state index is 14.5. The molecular weight excluding hydrogens is 464 g/mol. The Morgan fingerprint density at radius 3 is 1.76 bits per heavy atom. The van der Waals surface area contributed by atoms with E-state index in [1.54, 1.807) is 0 Å². The van der Waals surface area contributed by atoms with Crippen LogP contribution in [0.4, 0.5) is 0 Å². The first kappa shape index (κ1) is 26.1. The van der Waals surface area contributed by atoms with Crippen molar-refractivity contribution < 1.29 is 23.9 Å². The minimum absolute atomic E-state index is 0.0914. The third-order valence-electron chi connectivity index (χ3n) is 10.8. The Hall–Kier alpha value is -2.56. The van der Waals surface area contributed by atoms with Crippen LogP contribution in [0.3, 0.4) is 0 Å². The normalized spacial score (nSPS) is 38.9. The summed E-state index contributed by atoms with van der Waals surface area (Å²) in [6.07, 6.45) is 1.17. The van der Waals surface area contributed by atoms with E-state index in [0.29, 0.717) is 25.7 Å². The number of rotatable bonds is 1. The SMILES string of the molecule is CC(=O)O[C@H]1[C@H]2C(C)=C3CC(=C(C)C)C(=O)C[C@@H](C)[C@]31[C@@H]1C(=O)C(C)=C3CC(=C(C)C)C(=O)C[C@@H](C)[C@]312. The number of esters is 1. The van der Waals surface area contributed by atoms with Gasteiger partial charge in [-0.15, -0.1) is 0 Å². The molecule has 0 unspecified atom stereocenters. The molecule has 0 aliphatic heterocycles. The van der Waals surface area contributed by atoms with Gasteiger partial charge >= 0.3 is 5.97 Å². The zero-order valence-corrected chi connectivity index (χ0v) is 23.8. The van der Waals surface area contributed by atoms with Gasteiger partial charge in [-0.3, -0.25) is 19.2 Å². The highest BCUT2D eigenvalue weighted by atomic mass is 16.5. The second-order valence-corrected chi connectivity index (χ2v) is 12.8. The van der Waals surface area contributed by atoms with Gasteiger partial charge in [0.25, 0.3) is 0 Å².